The van der Waals surface area contributed by atoms with Crippen LogP contribution in [0.3, 0.4) is 0 Å². The van der Waals surface area contributed by atoms with E-state index in [4.69, 9.17) is 10.8 Å². The highest BCUT2D eigenvalue weighted by Gasteiger charge is 2.16. The van der Waals surface area contributed by atoms with Crippen LogP contribution in [0.15, 0.2) is 17.0 Å². The average molecular weight is 271 g/mol. The molecule has 0 saturated heterocycles. The molecule has 0 aliphatic heterocycles. The van der Waals surface area contributed by atoms with Crippen molar-refractivity contribution in [1.82, 2.24) is 14.4 Å². The number of aromatic nitrogens is 3. The van der Waals surface area contributed by atoms with E-state index in [1.807, 2.05) is 13.1 Å². The van der Waals surface area contributed by atoms with Crippen LogP contribution in [-0.4, -0.2) is 26.1 Å². The van der Waals surface area contributed by atoms with Crippen molar-refractivity contribution in [3.63, 3.8) is 0 Å². The average Bonchev–Trinajstić information content (AvgIpc) is 2.52. The second kappa shape index (κ2) is 3.88. The first-order chi connectivity index (χ1) is 7.13. The first-order valence-electron chi connectivity index (χ1n) is 4.50. The lowest BCUT2D eigenvalue weighted by Crippen LogP contribution is -2.17. The van der Waals surface area contributed by atoms with Gasteiger partial charge < -0.3 is 10.8 Å². The van der Waals surface area contributed by atoms with Gasteiger partial charge in [0.1, 0.15) is 4.60 Å². The van der Waals surface area contributed by atoms with Gasteiger partial charge in [-0.15, -0.1) is 0 Å². The first kappa shape index (κ1) is 10.5. The summed E-state index contributed by atoms with van der Waals surface area (Å²) in [5.74, 6) is 0.575. The molecule has 2 aromatic heterocycles. The number of imidazole rings is 1. The smallest absolute Gasteiger partial charge is 0.235 e. The van der Waals surface area contributed by atoms with Crippen LogP contribution in [0.5, 0.6) is 0 Å². The number of aliphatic hydroxyl groups is 1. The Morgan fingerprint density at radius 1 is 1.67 bits per heavy atom. The zero-order valence-corrected chi connectivity index (χ0v) is 9.77. The van der Waals surface area contributed by atoms with Crippen LogP contribution in [0, 0.1) is 6.92 Å². The Morgan fingerprint density at radius 3 is 3.07 bits per heavy atom. The minimum Gasteiger partial charge on any atom is -0.394 e. The topological polar surface area (TPSA) is 76.4 Å². The molecule has 0 fully saturated rings. The molecule has 80 valence electrons. The minimum atomic E-state index is -0.460. The third kappa shape index (κ3) is 1.75. The van der Waals surface area contributed by atoms with Crippen LogP contribution >= 0.6 is 15.9 Å². The lowest BCUT2D eigenvalue weighted by atomic mass is 10.2. The molecule has 0 bridgehead atoms. The third-order valence-corrected chi connectivity index (χ3v) is 2.73. The van der Waals surface area contributed by atoms with Crippen LogP contribution in [0.4, 0.5) is 0 Å². The Bertz CT molecular complexity index is 496. The molecule has 0 radical (unpaired) electrons. The summed E-state index contributed by atoms with van der Waals surface area (Å²) in [5, 5.41) is 9.05. The number of nitrogens with zero attached hydrogens (tertiary/aromatic N) is 3. The van der Waals surface area contributed by atoms with Gasteiger partial charge in [-0.3, -0.25) is 4.40 Å². The molecule has 15 heavy (non-hydrogen) atoms. The van der Waals surface area contributed by atoms with Crippen LogP contribution in [0.25, 0.3) is 5.78 Å². The summed E-state index contributed by atoms with van der Waals surface area (Å²) in [6, 6.07) is -0.460. The standard InChI is InChI=1S/C9H11BrN4O/c1-5-2-12-9-13-8(10)7(6(11)4-15)14(9)3-5/h2-3,6,15H,4,11H2,1H3. The van der Waals surface area contributed by atoms with Gasteiger partial charge in [0.25, 0.3) is 0 Å². The van der Waals surface area contributed by atoms with Gasteiger partial charge >= 0.3 is 0 Å². The van der Waals surface area contributed by atoms with Gasteiger partial charge in [0.2, 0.25) is 5.78 Å². The summed E-state index contributed by atoms with van der Waals surface area (Å²) < 4.78 is 2.42. The minimum absolute atomic E-state index is 0.125. The fourth-order valence-corrected chi connectivity index (χ4v) is 2.08. The summed E-state index contributed by atoms with van der Waals surface area (Å²) in [6.07, 6.45) is 3.63. The van der Waals surface area contributed by atoms with E-state index in [1.165, 1.54) is 0 Å². The monoisotopic (exact) mass is 270 g/mol. The summed E-state index contributed by atoms with van der Waals surface area (Å²) in [5.41, 5.74) is 7.54. The second-order valence-electron chi connectivity index (χ2n) is 3.38. The normalized spacial score (nSPS) is 13.3. The van der Waals surface area contributed by atoms with E-state index in [1.54, 1.807) is 10.6 Å². The summed E-state index contributed by atoms with van der Waals surface area (Å²) in [6.45, 7) is 1.81. The molecule has 0 aliphatic carbocycles. The van der Waals surface area contributed by atoms with Crippen molar-refractivity contribution in [2.45, 2.75) is 13.0 Å². The van der Waals surface area contributed by atoms with Crippen molar-refractivity contribution < 1.29 is 5.11 Å². The van der Waals surface area contributed by atoms with Gasteiger partial charge in [-0.1, -0.05) is 0 Å². The summed E-state index contributed by atoms with van der Waals surface area (Å²) in [4.78, 5) is 8.36. The Hall–Kier alpha value is -0.980. The van der Waals surface area contributed by atoms with Gasteiger partial charge in [-0.05, 0) is 28.4 Å². The molecular weight excluding hydrogens is 260 g/mol. The zero-order valence-electron chi connectivity index (χ0n) is 8.18. The maximum atomic E-state index is 9.05. The maximum absolute atomic E-state index is 9.05. The number of aliphatic hydroxyl groups excluding tert-OH is 1. The Balaban J connectivity index is 2.70. The molecule has 1 unspecified atom stereocenters. The lowest BCUT2D eigenvalue weighted by Gasteiger charge is -2.08. The Morgan fingerprint density at radius 2 is 2.40 bits per heavy atom. The number of hydrogen-bond donors (Lipinski definition) is 2. The molecule has 0 saturated carbocycles. The molecule has 0 spiro atoms. The fourth-order valence-electron chi connectivity index (χ4n) is 1.44. The number of halogens is 1. The molecule has 2 rings (SSSR count). The highest BCUT2D eigenvalue weighted by Crippen LogP contribution is 2.22. The highest BCUT2D eigenvalue weighted by atomic mass is 79.9. The summed E-state index contributed by atoms with van der Waals surface area (Å²) >= 11 is 3.31. The maximum Gasteiger partial charge on any atom is 0.235 e. The Kier molecular flexibility index (Phi) is 2.72. The van der Waals surface area contributed by atoms with Crippen molar-refractivity contribution in [3.05, 3.63) is 28.3 Å². The number of hydrogen-bond acceptors (Lipinski definition) is 4. The van der Waals surface area contributed by atoms with E-state index in [2.05, 4.69) is 25.9 Å². The number of fused-ring (bicyclic) bond motifs is 1. The quantitative estimate of drug-likeness (QED) is 0.846. The van der Waals surface area contributed by atoms with Gasteiger partial charge in [-0.25, -0.2) is 9.97 Å². The van der Waals surface area contributed by atoms with Crippen molar-refractivity contribution in [1.29, 1.82) is 0 Å². The van der Waals surface area contributed by atoms with E-state index in [-0.39, 0.29) is 6.61 Å². The van der Waals surface area contributed by atoms with Gasteiger partial charge in [-0.2, -0.15) is 0 Å². The van der Waals surface area contributed by atoms with E-state index < -0.39 is 6.04 Å². The number of aryl methyl sites for hydroxylation is 1. The highest BCUT2D eigenvalue weighted by molar-refractivity contribution is 9.10. The fraction of sp³-hybridized carbons (Fsp3) is 0.333. The van der Waals surface area contributed by atoms with Crippen molar-refractivity contribution in [2.75, 3.05) is 6.61 Å². The predicted octanol–water partition coefficient (Wildman–Crippen LogP) is 0.792. The van der Waals surface area contributed by atoms with Gasteiger partial charge in [0, 0.05) is 12.4 Å². The largest absolute Gasteiger partial charge is 0.394 e. The predicted molar refractivity (Wildman–Crippen MR) is 59.4 cm³/mol. The molecule has 0 amide bonds. The van der Waals surface area contributed by atoms with Crippen LogP contribution in [0.1, 0.15) is 17.3 Å². The van der Waals surface area contributed by atoms with Crippen LogP contribution < -0.4 is 5.73 Å². The van der Waals surface area contributed by atoms with E-state index in [9.17, 15) is 0 Å². The molecule has 3 N–H and O–H groups in total. The second-order valence-corrected chi connectivity index (χ2v) is 4.13. The van der Waals surface area contributed by atoms with E-state index in [0.29, 0.717) is 10.4 Å². The number of nitrogens with two attached hydrogens (primary N) is 1. The molecule has 2 aromatic rings. The van der Waals surface area contributed by atoms with Gasteiger partial charge in [0.15, 0.2) is 0 Å². The zero-order chi connectivity index (χ0) is 11.0. The molecule has 5 nitrogen and oxygen atoms in total. The first-order valence-corrected chi connectivity index (χ1v) is 5.29. The summed E-state index contributed by atoms with van der Waals surface area (Å²) in [7, 11) is 0. The van der Waals surface area contributed by atoms with Crippen LogP contribution in [-0.2, 0) is 0 Å². The lowest BCUT2D eigenvalue weighted by molar-refractivity contribution is 0.265. The van der Waals surface area contributed by atoms with Crippen molar-refractivity contribution in [3.8, 4) is 0 Å². The van der Waals surface area contributed by atoms with Crippen molar-refractivity contribution >= 4 is 21.7 Å². The number of rotatable bonds is 2. The third-order valence-electron chi connectivity index (χ3n) is 2.15. The van der Waals surface area contributed by atoms with Crippen molar-refractivity contribution in [2.24, 2.45) is 5.73 Å². The molecule has 1 atom stereocenters. The van der Waals surface area contributed by atoms with Crippen LogP contribution in [0.2, 0.25) is 0 Å². The molecule has 0 aliphatic rings. The SMILES string of the molecule is Cc1cnc2nc(Br)c(C(N)CO)n2c1. The molecular formula is C9H11BrN4O. The molecule has 2 heterocycles. The van der Waals surface area contributed by atoms with Gasteiger partial charge in [0.05, 0.1) is 18.3 Å². The molecule has 0 aromatic carbocycles. The molecule has 6 heteroatoms. The Labute approximate surface area is 95.1 Å². The van der Waals surface area contributed by atoms with E-state index in [0.717, 1.165) is 11.3 Å². The van der Waals surface area contributed by atoms with E-state index >= 15 is 0 Å².